The summed E-state index contributed by atoms with van der Waals surface area (Å²) in [7, 11) is 0. The maximum Gasteiger partial charge on any atom is 0.332 e. The fourth-order valence-electron chi connectivity index (χ4n) is 5.55. The van der Waals surface area contributed by atoms with E-state index in [1.807, 2.05) is 36.4 Å². The van der Waals surface area contributed by atoms with Gasteiger partial charge in [0.05, 0.1) is 11.7 Å². The summed E-state index contributed by atoms with van der Waals surface area (Å²) in [5.41, 5.74) is 4.73. The van der Waals surface area contributed by atoms with E-state index >= 15 is 0 Å². The average molecular weight is 479 g/mol. The van der Waals surface area contributed by atoms with E-state index in [0.717, 1.165) is 32.6 Å². The molecule has 2 aliphatic heterocycles. The third-order valence-electron chi connectivity index (χ3n) is 7.33. The summed E-state index contributed by atoms with van der Waals surface area (Å²) < 4.78 is 0. The molecule has 180 valence electrons. The molecule has 0 bridgehead atoms. The zero-order chi connectivity index (χ0) is 25.1. The van der Waals surface area contributed by atoms with Gasteiger partial charge in [-0.25, -0.2) is 9.69 Å². The lowest BCUT2D eigenvalue weighted by Crippen LogP contribution is -2.44. The van der Waals surface area contributed by atoms with Crippen molar-refractivity contribution in [3.63, 3.8) is 0 Å². The number of carbonyl (C=O) groups excluding carboxylic acids is 3. The fraction of sp³-hybridized carbons (Fsp3) is 0.207. The van der Waals surface area contributed by atoms with Crippen LogP contribution in [0, 0.1) is 0 Å². The van der Waals surface area contributed by atoms with Crippen LogP contribution in [0.5, 0.6) is 0 Å². The highest BCUT2D eigenvalue weighted by molar-refractivity contribution is 6.23. The number of nitrogens with zero attached hydrogens (tertiary/aromatic N) is 2. The number of imide groups is 1. The van der Waals surface area contributed by atoms with Crippen LogP contribution >= 0.6 is 0 Å². The van der Waals surface area contributed by atoms with Crippen LogP contribution in [0.15, 0.2) is 72.8 Å². The number of carboxylic acids is 1. The zero-order valence-corrected chi connectivity index (χ0v) is 19.9. The van der Waals surface area contributed by atoms with Gasteiger partial charge >= 0.3 is 6.03 Å². The second kappa shape index (κ2) is 8.09. The molecule has 1 saturated heterocycles. The standard InChI is InChI=1S/C29H25N3O4/c1-16(2)17-11-13-18(14-12-17)26-25-21(19-7-3-5-9-22(19)30-25)15-24-27(33)32(29(36)31(24)26)23-10-6-4-8-20(23)28(34)35/h3-14,16,24,26,30H,15H2,1-2H3,(H,34,35)/p-1/t24-,26-/m0/s1. The van der Waals surface area contributed by atoms with Crippen LogP contribution < -0.4 is 10.0 Å². The van der Waals surface area contributed by atoms with E-state index in [1.165, 1.54) is 17.7 Å². The van der Waals surface area contributed by atoms with E-state index in [0.29, 0.717) is 12.3 Å². The highest BCUT2D eigenvalue weighted by atomic mass is 16.4. The highest BCUT2D eigenvalue weighted by Gasteiger charge is 2.53. The number of H-pyrrole nitrogens is 1. The molecule has 6 rings (SSSR count). The zero-order valence-electron chi connectivity index (χ0n) is 19.9. The van der Waals surface area contributed by atoms with Crippen molar-refractivity contribution in [2.75, 3.05) is 4.90 Å². The Hall–Kier alpha value is -4.39. The molecular formula is C29H24N3O4-. The number of aromatic nitrogens is 1. The molecule has 1 N–H and O–H groups in total. The molecule has 0 unspecified atom stereocenters. The number of rotatable bonds is 4. The van der Waals surface area contributed by atoms with Crippen LogP contribution in [0.1, 0.15) is 58.5 Å². The number of urea groups is 1. The predicted octanol–water partition coefficient (Wildman–Crippen LogP) is 4.14. The Bertz CT molecular complexity index is 1540. The summed E-state index contributed by atoms with van der Waals surface area (Å²) in [6.45, 7) is 4.24. The Morgan fingerprint density at radius 1 is 0.972 bits per heavy atom. The molecule has 1 aromatic heterocycles. The monoisotopic (exact) mass is 478 g/mol. The van der Waals surface area contributed by atoms with Crippen molar-refractivity contribution >= 4 is 34.5 Å². The Labute approximate surface area is 208 Å². The quantitative estimate of drug-likeness (QED) is 0.446. The molecule has 0 spiro atoms. The number of carboxylic acid groups (broad SMARTS) is 1. The topological polar surface area (TPSA) is 96.5 Å². The number of anilines is 1. The number of hydrogen-bond acceptors (Lipinski definition) is 4. The van der Waals surface area contributed by atoms with E-state index in [9.17, 15) is 19.5 Å². The lowest BCUT2D eigenvalue weighted by atomic mass is 9.88. The smallest absolute Gasteiger partial charge is 0.332 e. The molecule has 3 aromatic carbocycles. The van der Waals surface area contributed by atoms with Crippen LogP contribution in [0.4, 0.5) is 10.5 Å². The second-order valence-corrected chi connectivity index (χ2v) is 9.67. The Morgan fingerprint density at radius 2 is 1.67 bits per heavy atom. The number of carbonyl (C=O) groups is 3. The van der Waals surface area contributed by atoms with Gasteiger partial charge in [-0.05, 0) is 34.7 Å². The summed E-state index contributed by atoms with van der Waals surface area (Å²) >= 11 is 0. The summed E-state index contributed by atoms with van der Waals surface area (Å²) in [4.78, 5) is 45.5. The van der Waals surface area contributed by atoms with Crippen LogP contribution in [-0.2, 0) is 11.2 Å². The first-order chi connectivity index (χ1) is 17.4. The number of benzene rings is 3. The SMILES string of the molecule is CC(C)c1ccc([C@H]2c3[nH]c4ccccc4c3C[C@H]3C(=O)N(c4ccccc4C(=O)[O-])C(=O)N23)cc1. The molecule has 1 fully saturated rings. The molecule has 2 aliphatic rings. The van der Waals surface area contributed by atoms with Crippen molar-refractivity contribution in [3.05, 3.63) is 101 Å². The fourth-order valence-corrected chi connectivity index (χ4v) is 5.55. The maximum absolute atomic E-state index is 13.9. The van der Waals surface area contributed by atoms with Gasteiger partial charge in [-0.1, -0.05) is 74.5 Å². The number of amides is 3. The third kappa shape index (κ3) is 3.16. The normalized spacial score (nSPS) is 19.2. The van der Waals surface area contributed by atoms with Gasteiger partial charge in [0.25, 0.3) is 5.91 Å². The summed E-state index contributed by atoms with van der Waals surface area (Å²) in [5.74, 6) is -1.52. The molecule has 3 amide bonds. The Kier molecular flexibility index (Phi) is 4.96. The molecule has 3 heterocycles. The first kappa shape index (κ1) is 22.1. The van der Waals surface area contributed by atoms with Gasteiger partial charge < -0.3 is 14.9 Å². The third-order valence-corrected chi connectivity index (χ3v) is 7.33. The van der Waals surface area contributed by atoms with Gasteiger partial charge in [0.1, 0.15) is 12.1 Å². The average Bonchev–Trinajstić information content (AvgIpc) is 3.37. The van der Waals surface area contributed by atoms with E-state index in [-0.39, 0.29) is 11.3 Å². The Morgan fingerprint density at radius 3 is 2.39 bits per heavy atom. The minimum atomic E-state index is -1.44. The minimum absolute atomic E-state index is 0.0318. The van der Waals surface area contributed by atoms with Gasteiger partial charge in [-0.3, -0.25) is 9.69 Å². The maximum atomic E-state index is 13.9. The summed E-state index contributed by atoms with van der Waals surface area (Å²) in [6.07, 6.45) is 0.342. The molecule has 0 saturated carbocycles. The largest absolute Gasteiger partial charge is 0.545 e. The van der Waals surface area contributed by atoms with Crippen LogP contribution in [0.25, 0.3) is 10.9 Å². The molecule has 0 aliphatic carbocycles. The summed E-state index contributed by atoms with van der Waals surface area (Å²) in [6, 6.07) is 20.2. The van der Waals surface area contributed by atoms with Gasteiger partial charge in [-0.15, -0.1) is 0 Å². The highest BCUT2D eigenvalue weighted by Crippen LogP contribution is 2.45. The minimum Gasteiger partial charge on any atom is -0.545 e. The van der Waals surface area contributed by atoms with Crippen LogP contribution in [-0.4, -0.2) is 33.8 Å². The van der Waals surface area contributed by atoms with E-state index in [1.54, 1.807) is 17.0 Å². The van der Waals surface area contributed by atoms with E-state index in [2.05, 4.69) is 31.0 Å². The van der Waals surface area contributed by atoms with Crippen molar-refractivity contribution in [2.24, 2.45) is 0 Å². The van der Waals surface area contributed by atoms with Gasteiger partial charge in [0.2, 0.25) is 0 Å². The van der Waals surface area contributed by atoms with Gasteiger partial charge in [0, 0.05) is 28.6 Å². The van der Waals surface area contributed by atoms with Crippen molar-refractivity contribution in [1.29, 1.82) is 0 Å². The van der Waals surface area contributed by atoms with Crippen molar-refractivity contribution in [3.8, 4) is 0 Å². The molecule has 7 nitrogen and oxygen atoms in total. The van der Waals surface area contributed by atoms with E-state index < -0.39 is 30.0 Å². The number of fused-ring (bicyclic) bond motifs is 4. The predicted molar refractivity (Wildman–Crippen MR) is 134 cm³/mol. The van der Waals surface area contributed by atoms with Crippen molar-refractivity contribution in [2.45, 2.75) is 38.3 Å². The van der Waals surface area contributed by atoms with E-state index in [4.69, 9.17) is 0 Å². The molecule has 4 aromatic rings. The van der Waals surface area contributed by atoms with Crippen molar-refractivity contribution in [1.82, 2.24) is 9.88 Å². The number of aromatic amines is 1. The molecule has 36 heavy (non-hydrogen) atoms. The number of nitrogens with one attached hydrogen (secondary N) is 1. The molecule has 7 heteroatoms. The lowest BCUT2D eigenvalue weighted by Gasteiger charge is -2.36. The second-order valence-electron chi connectivity index (χ2n) is 9.67. The molecular weight excluding hydrogens is 454 g/mol. The number of para-hydroxylation sites is 2. The number of hydrogen-bond donors (Lipinski definition) is 1. The van der Waals surface area contributed by atoms with Crippen LogP contribution in [0.2, 0.25) is 0 Å². The number of aromatic carboxylic acids is 1. The van der Waals surface area contributed by atoms with Gasteiger partial charge in [-0.2, -0.15) is 0 Å². The Balaban J connectivity index is 1.53. The lowest BCUT2D eigenvalue weighted by molar-refractivity contribution is -0.254. The first-order valence-corrected chi connectivity index (χ1v) is 12.0. The first-order valence-electron chi connectivity index (χ1n) is 12.0. The molecule has 0 radical (unpaired) electrons. The van der Waals surface area contributed by atoms with Gasteiger partial charge in [0.15, 0.2) is 0 Å². The van der Waals surface area contributed by atoms with Crippen molar-refractivity contribution < 1.29 is 19.5 Å². The molecule has 2 atom stereocenters. The van der Waals surface area contributed by atoms with Crippen LogP contribution in [0.3, 0.4) is 0 Å². The summed E-state index contributed by atoms with van der Waals surface area (Å²) in [5, 5.41) is 12.8.